The van der Waals surface area contributed by atoms with Crippen LogP contribution in [-0.4, -0.2) is 27.4 Å². The highest BCUT2D eigenvalue weighted by Gasteiger charge is 2.09. The Morgan fingerprint density at radius 3 is 2.52 bits per heavy atom. The van der Waals surface area contributed by atoms with Crippen LogP contribution in [0.3, 0.4) is 0 Å². The molecular formula is C15H14N2O4. The lowest BCUT2D eigenvalue weighted by Gasteiger charge is -2.05. The largest absolute Gasteiger partial charge is 0.508 e. The minimum absolute atomic E-state index is 0.0552. The van der Waals surface area contributed by atoms with Crippen molar-refractivity contribution in [3.8, 4) is 17.2 Å². The molecule has 0 aliphatic carbocycles. The van der Waals surface area contributed by atoms with Gasteiger partial charge in [-0.05, 0) is 30.7 Å². The molecular weight excluding hydrogens is 272 g/mol. The Bertz CT molecular complexity index is 688. The van der Waals surface area contributed by atoms with E-state index < -0.39 is 5.91 Å². The molecule has 0 atom stereocenters. The number of amides is 1. The number of nitrogens with zero attached hydrogens (tertiary/aromatic N) is 1. The Balaban J connectivity index is 2.13. The van der Waals surface area contributed by atoms with Crippen molar-refractivity contribution in [1.29, 1.82) is 0 Å². The predicted octanol–water partition coefficient (Wildman–Crippen LogP) is 1.88. The van der Waals surface area contributed by atoms with Crippen LogP contribution in [-0.2, 0) is 0 Å². The molecule has 21 heavy (non-hydrogen) atoms. The van der Waals surface area contributed by atoms with E-state index in [1.165, 1.54) is 30.5 Å². The second-order valence-electron chi connectivity index (χ2n) is 4.41. The molecule has 2 aromatic rings. The Morgan fingerprint density at radius 2 is 1.86 bits per heavy atom. The molecule has 0 saturated heterocycles. The summed E-state index contributed by atoms with van der Waals surface area (Å²) in [5, 5.41) is 32.3. The fourth-order valence-corrected chi connectivity index (χ4v) is 1.81. The average molecular weight is 286 g/mol. The summed E-state index contributed by atoms with van der Waals surface area (Å²) in [6.07, 6.45) is 1.27. The maximum absolute atomic E-state index is 11.8. The zero-order chi connectivity index (χ0) is 15.4. The van der Waals surface area contributed by atoms with Gasteiger partial charge in [0, 0.05) is 11.6 Å². The highest BCUT2D eigenvalue weighted by molar-refractivity contribution is 5.97. The predicted molar refractivity (Wildman–Crippen MR) is 77.7 cm³/mol. The summed E-state index contributed by atoms with van der Waals surface area (Å²) in [7, 11) is 0. The second-order valence-corrected chi connectivity index (χ2v) is 4.41. The first-order chi connectivity index (χ1) is 9.99. The summed E-state index contributed by atoms with van der Waals surface area (Å²) in [4.78, 5) is 11.8. The van der Waals surface area contributed by atoms with Gasteiger partial charge < -0.3 is 15.3 Å². The molecule has 2 rings (SSSR count). The maximum atomic E-state index is 11.8. The molecule has 1 amide bonds. The number of carbonyl (C=O) groups excluding carboxylic acids is 1. The van der Waals surface area contributed by atoms with Crippen LogP contribution in [0, 0.1) is 6.92 Å². The quantitative estimate of drug-likeness (QED) is 0.511. The molecule has 6 heteroatoms. The van der Waals surface area contributed by atoms with Crippen LogP contribution in [0.4, 0.5) is 0 Å². The van der Waals surface area contributed by atoms with Crippen LogP contribution in [0.25, 0.3) is 0 Å². The van der Waals surface area contributed by atoms with E-state index in [0.717, 1.165) is 0 Å². The molecule has 0 bridgehead atoms. The summed E-state index contributed by atoms with van der Waals surface area (Å²) in [5.41, 5.74) is 3.34. The molecule has 0 heterocycles. The zero-order valence-electron chi connectivity index (χ0n) is 11.2. The molecule has 4 N–H and O–H groups in total. The van der Waals surface area contributed by atoms with Crippen LogP contribution in [0.2, 0.25) is 0 Å². The highest BCUT2D eigenvalue weighted by atomic mass is 16.3. The Hall–Kier alpha value is -3.02. The topological polar surface area (TPSA) is 102 Å². The molecule has 108 valence electrons. The molecule has 0 aromatic heterocycles. The van der Waals surface area contributed by atoms with Crippen LogP contribution in [0.5, 0.6) is 17.2 Å². The number of benzene rings is 2. The summed E-state index contributed by atoms with van der Waals surface area (Å²) in [6.45, 7) is 1.69. The monoisotopic (exact) mass is 286 g/mol. The SMILES string of the molecule is Cc1cc(O)cc(O)c1C=NNC(=O)c1ccccc1O. The van der Waals surface area contributed by atoms with Gasteiger partial charge in [-0.15, -0.1) is 0 Å². The van der Waals surface area contributed by atoms with Crippen LogP contribution < -0.4 is 5.43 Å². The highest BCUT2D eigenvalue weighted by Crippen LogP contribution is 2.25. The lowest BCUT2D eigenvalue weighted by molar-refractivity contribution is 0.0952. The van der Waals surface area contributed by atoms with E-state index in [0.29, 0.717) is 11.1 Å². The van der Waals surface area contributed by atoms with Crippen molar-refractivity contribution in [2.24, 2.45) is 5.10 Å². The van der Waals surface area contributed by atoms with Crippen molar-refractivity contribution < 1.29 is 20.1 Å². The molecule has 0 aliphatic rings. The van der Waals surface area contributed by atoms with Crippen molar-refractivity contribution in [3.05, 3.63) is 53.1 Å². The number of phenolic OH excluding ortho intramolecular Hbond substituents is 3. The first-order valence-electron chi connectivity index (χ1n) is 6.13. The summed E-state index contributed by atoms with van der Waals surface area (Å²) in [6, 6.07) is 8.73. The van der Waals surface area contributed by atoms with Gasteiger partial charge in [0.1, 0.15) is 17.2 Å². The third kappa shape index (κ3) is 3.30. The van der Waals surface area contributed by atoms with Gasteiger partial charge in [0.2, 0.25) is 0 Å². The third-order valence-electron chi connectivity index (χ3n) is 2.86. The van der Waals surface area contributed by atoms with Crippen LogP contribution in [0.1, 0.15) is 21.5 Å². The minimum atomic E-state index is -0.569. The molecule has 2 aromatic carbocycles. The van der Waals surface area contributed by atoms with Crippen molar-refractivity contribution in [2.45, 2.75) is 6.92 Å². The smallest absolute Gasteiger partial charge is 0.275 e. The minimum Gasteiger partial charge on any atom is -0.508 e. The summed E-state index contributed by atoms with van der Waals surface area (Å²) in [5.74, 6) is -0.914. The number of rotatable bonds is 3. The number of para-hydroxylation sites is 1. The maximum Gasteiger partial charge on any atom is 0.275 e. The van der Waals surface area contributed by atoms with Gasteiger partial charge in [-0.1, -0.05) is 12.1 Å². The number of hydrogen-bond acceptors (Lipinski definition) is 5. The summed E-state index contributed by atoms with van der Waals surface area (Å²) < 4.78 is 0. The van der Waals surface area contributed by atoms with Gasteiger partial charge in [0.25, 0.3) is 5.91 Å². The molecule has 6 nitrogen and oxygen atoms in total. The van der Waals surface area contributed by atoms with Gasteiger partial charge in [-0.25, -0.2) is 5.43 Å². The van der Waals surface area contributed by atoms with E-state index in [1.807, 2.05) is 0 Å². The van der Waals surface area contributed by atoms with E-state index in [1.54, 1.807) is 19.1 Å². The Morgan fingerprint density at radius 1 is 1.14 bits per heavy atom. The van der Waals surface area contributed by atoms with Crippen LogP contribution >= 0.6 is 0 Å². The lowest BCUT2D eigenvalue weighted by Crippen LogP contribution is -2.17. The van der Waals surface area contributed by atoms with Crippen molar-refractivity contribution in [3.63, 3.8) is 0 Å². The van der Waals surface area contributed by atoms with Gasteiger partial charge in [0.05, 0.1) is 11.8 Å². The number of aromatic hydroxyl groups is 3. The standard InChI is InChI=1S/C15H14N2O4/c1-9-6-10(18)7-14(20)12(9)8-16-17-15(21)11-4-2-3-5-13(11)19/h2-8,18-20H,1H3,(H,17,21). The van der Waals surface area contributed by atoms with Gasteiger partial charge in [0.15, 0.2) is 0 Å². The molecule has 0 unspecified atom stereocenters. The van der Waals surface area contributed by atoms with E-state index >= 15 is 0 Å². The first kappa shape index (κ1) is 14.4. The van der Waals surface area contributed by atoms with E-state index in [-0.39, 0.29) is 22.8 Å². The Kier molecular flexibility index (Phi) is 4.08. The Labute approximate surface area is 121 Å². The van der Waals surface area contributed by atoms with Gasteiger partial charge >= 0.3 is 0 Å². The first-order valence-corrected chi connectivity index (χ1v) is 6.13. The molecule has 0 fully saturated rings. The fraction of sp³-hybridized carbons (Fsp3) is 0.0667. The molecule has 0 spiro atoms. The lowest BCUT2D eigenvalue weighted by atomic mass is 10.1. The number of hydrazone groups is 1. The number of carbonyl (C=O) groups is 1. The van der Waals surface area contributed by atoms with Crippen molar-refractivity contribution in [2.75, 3.05) is 0 Å². The zero-order valence-corrected chi connectivity index (χ0v) is 11.2. The molecule has 0 radical (unpaired) electrons. The van der Waals surface area contributed by atoms with Crippen molar-refractivity contribution >= 4 is 12.1 Å². The summed E-state index contributed by atoms with van der Waals surface area (Å²) >= 11 is 0. The van der Waals surface area contributed by atoms with E-state index in [4.69, 9.17) is 0 Å². The number of phenols is 3. The number of hydrogen-bond donors (Lipinski definition) is 4. The molecule has 0 aliphatic heterocycles. The number of nitrogens with one attached hydrogen (secondary N) is 1. The normalized spacial score (nSPS) is 10.7. The average Bonchev–Trinajstić information content (AvgIpc) is 2.42. The van der Waals surface area contributed by atoms with Gasteiger partial charge in [-0.2, -0.15) is 5.10 Å². The second kappa shape index (κ2) is 5.96. The fourth-order valence-electron chi connectivity index (χ4n) is 1.81. The number of aryl methyl sites for hydroxylation is 1. The van der Waals surface area contributed by atoms with E-state index in [9.17, 15) is 20.1 Å². The van der Waals surface area contributed by atoms with Crippen LogP contribution in [0.15, 0.2) is 41.5 Å². The van der Waals surface area contributed by atoms with E-state index in [2.05, 4.69) is 10.5 Å². The van der Waals surface area contributed by atoms with Gasteiger partial charge in [-0.3, -0.25) is 4.79 Å². The van der Waals surface area contributed by atoms with Crippen molar-refractivity contribution in [1.82, 2.24) is 5.43 Å². The third-order valence-corrected chi connectivity index (χ3v) is 2.86. The molecule has 0 saturated carbocycles.